The van der Waals surface area contributed by atoms with Crippen LogP contribution in [0.15, 0.2) is 24.2 Å². The van der Waals surface area contributed by atoms with E-state index in [1.807, 2.05) is 5.38 Å². The van der Waals surface area contributed by atoms with Crippen LogP contribution in [-0.2, 0) is 0 Å². The molecule has 3 heterocycles. The van der Waals surface area contributed by atoms with E-state index in [0.717, 1.165) is 11.4 Å². The molecule has 3 rings (SSSR count). The molecule has 9 nitrogen and oxygen atoms in total. The summed E-state index contributed by atoms with van der Waals surface area (Å²) >= 11 is 1.58. The van der Waals surface area contributed by atoms with E-state index in [2.05, 4.69) is 42.3 Å². The highest BCUT2D eigenvalue weighted by Crippen LogP contribution is 2.22. The van der Waals surface area contributed by atoms with Gasteiger partial charge in [0.05, 0.1) is 6.04 Å². The first kappa shape index (κ1) is 13.4. The number of hydrogen-bond donors (Lipinski definition) is 2. The van der Waals surface area contributed by atoms with Crippen molar-refractivity contribution in [2.45, 2.75) is 19.4 Å². The lowest BCUT2D eigenvalue weighted by Gasteiger charge is -2.14. The largest absolute Gasteiger partial charge is 0.368 e. The molecule has 0 aliphatic heterocycles. The smallest absolute Gasteiger partial charge is 0.258 e. The third-order valence-electron chi connectivity index (χ3n) is 2.73. The Bertz CT molecular complexity index is 695. The zero-order valence-corrected chi connectivity index (χ0v) is 12.0. The SMILES string of the molecule is CCC(Nc1nc(N)nc(-n2cncn2)n1)c1nccs1. The van der Waals surface area contributed by atoms with E-state index in [1.54, 1.807) is 17.5 Å². The lowest BCUT2D eigenvalue weighted by atomic mass is 10.2. The first-order valence-electron chi connectivity index (χ1n) is 6.28. The maximum absolute atomic E-state index is 5.72. The van der Waals surface area contributed by atoms with Crippen LogP contribution in [0.25, 0.3) is 5.95 Å². The van der Waals surface area contributed by atoms with E-state index in [4.69, 9.17) is 5.73 Å². The number of nitrogens with zero attached hydrogens (tertiary/aromatic N) is 7. The lowest BCUT2D eigenvalue weighted by Crippen LogP contribution is -2.15. The number of thiazole rings is 1. The van der Waals surface area contributed by atoms with E-state index in [1.165, 1.54) is 17.3 Å². The van der Waals surface area contributed by atoms with Crippen LogP contribution in [0.5, 0.6) is 0 Å². The zero-order valence-electron chi connectivity index (χ0n) is 11.2. The molecule has 1 atom stereocenters. The predicted octanol–water partition coefficient (Wildman–Crippen LogP) is 1.05. The summed E-state index contributed by atoms with van der Waals surface area (Å²) in [5, 5.41) is 10.1. The standard InChI is InChI=1S/C11H13N9S/c1-2-7(8-14-3-4-21-8)16-10-17-9(12)18-11(19-10)20-6-13-5-15-20/h3-7H,2H2,1H3,(H3,12,16,17,18,19). The van der Waals surface area contributed by atoms with E-state index in [9.17, 15) is 0 Å². The Labute approximate surface area is 124 Å². The van der Waals surface area contributed by atoms with Crippen molar-refractivity contribution in [3.8, 4) is 5.95 Å². The number of aromatic nitrogens is 7. The van der Waals surface area contributed by atoms with Gasteiger partial charge in [-0.25, -0.2) is 9.97 Å². The third-order valence-corrected chi connectivity index (χ3v) is 3.61. The number of hydrogen-bond acceptors (Lipinski definition) is 9. The molecule has 0 spiro atoms. The van der Waals surface area contributed by atoms with Crippen molar-refractivity contribution in [1.82, 2.24) is 34.7 Å². The number of nitrogens with two attached hydrogens (primary N) is 1. The topological polar surface area (TPSA) is 120 Å². The molecule has 0 fully saturated rings. The molecule has 108 valence electrons. The molecule has 0 saturated carbocycles. The van der Waals surface area contributed by atoms with Gasteiger partial charge in [0, 0.05) is 11.6 Å². The minimum absolute atomic E-state index is 0.0235. The molecule has 0 aliphatic carbocycles. The van der Waals surface area contributed by atoms with Crippen LogP contribution in [0.2, 0.25) is 0 Å². The highest BCUT2D eigenvalue weighted by molar-refractivity contribution is 7.09. The summed E-state index contributed by atoms with van der Waals surface area (Å²) in [5.41, 5.74) is 5.72. The summed E-state index contributed by atoms with van der Waals surface area (Å²) < 4.78 is 1.42. The van der Waals surface area contributed by atoms with Gasteiger partial charge in [-0.05, 0) is 6.42 Å². The zero-order chi connectivity index (χ0) is 14.7. The number of nitrogens with one attached hydrogen (secondary N) is 1. The number of rotatable bonds is 5. The van der Waals surface area contributed by atoms with Crippen molar-refractivity contribution in [1.29, 1.82) is 0 Å². The first-order valence-corrected chi connectivity index (χ1v) is 7.16. The van der Waals surface area contributed by atoms with Crippen LogP contribution in [0.4, 0.5) is 11.9 Å². The second-order valence-electron chi connectivity index (χ2n) is 4.13. The molecule has 1 unspecified atom stereocenters. The fourth-order valence-corrected chi connectivity index (χ4v) is 2.53. The van der Waals surface area contributed by atoms with Gasteiger partial charge in [0.1, 0.15) is 17.7 Å². The van der Waals surface area contributed by atoms with E-state index in [0.29, 0.717) is 11.9 Å². The fourth-order valence-electron chi connectivity index (χ4n) is 1.76. The van der Waals surface area contributed by atoms with Gasteiger partial charge >= 0.3 is 0 Å². The van der Waals surface area contributed by atoms with Crippen molar-refractivity contribution in [2.24, 2.45) is 0 Å². The summed E-state index contributed by atoms with van der Waals surface area (Å²) in [6.07, 6.45) is 5.51. The molecule has 3 aromatic heterocycles. The van der Waals surface area contributed by atoms with Gasteiger partial charge in [-0.2, -0.15) is 24.7 Å². The Morgan fingerprint density at radius 1 is 1.38 bits per heavy atom. The number of nitrogen functional groups attached to an aromatic ring is 1. The van der Waals surface area contributed by atoms with Crippen molar-refractivity contribution in [3.05, 3.63) is 29.2 Å². The minimum atomic E-state index is 0.0235. The van der Waals surface area contributed by atoms with E-state index in [-0.39, 0.29) is 12.0 Å². The summed E-state index contributed by atoms with van der Waals surface area (Å²) in [7, 11) is 0. The van der Waals surface area contributed by atoms with Crippen molar-refractivity contribution in [3.63, 3.8) is 0 Å². The molecule has 3 aromatic rings. The van der Waals surface area contributed by atoms with Gasteiger partial charge < -0.3 is 11.1 Å². The molecule has 3 N–H and O–H groups in total. The van der Waals surface area contributed by atoms with Crippen LogP contribution in [0, 0.1) is 0 Å². The highest BCUT2D eigenvalue weighted by atomic mass is 32.1. The molecule has 10 heteroatoms. The molecular weight excluding hydrogens is 290 g/mol. The summed E-state index contributed by atoms with van der Waals surface area (Å²) in [6, 6.07) is 0.0235. The summed E-state index contributed by atoms with van der Waals surface area (Å²) in [5.74, 6) is 0.818. The molecule has 0 aromatic carbocycles. The summed E-state index contributed by atoms with van der Waals surface area (Å²) in [4.78, 5) is 20.6. The average Bonchev–Trinajstić information content (AvgIpc) is 3.16. The van der Waals surface area contributed by atoms with E-state index < -0.39 is 0 Å². The van der Waals surface area contributed by atoms with Gasteiger partial charge in [0.25, 0.3) is 5.95 Å². The van der Waals surface area contributed by atoms with Crippen molar-refractivity contribution < 1.29 is 0 Å². The van der Waals surface area contributed by atoms with Crippen LogP contribution in [0.3, 0.4) is 0 Å². The Morgan fingerprint density at radius 3 is 2.95 bits per heavy atom. The first-order chi connectivity index (χ1) is 10.3. The molecule has 21 heavy (non-hydrogen) atoms. The van der Waals surface area contributed by atoms with Crippen LogP contribution in [0.1, 0.15) is 24.4 Å². The van der Waals surface area contributed by atoms with Gasteiger partial charge in [-0.3, -0.25) is 0 Å². The Morgan fingerprint density at radius 2 is 2.29 bits per heavy atom. The molecule has 0 radical (unpaired) electrons. The Balaban J connectivity index is 1.88. The minimum Gasteiger partial charge on any atom is -0.368 e. The number of anilines is 2. The van der Waals surface area contributed by atoms with Crippen LogP contribution >= 0.6 is 11.3 Å². The van der Waals surface area contributed by atoms with Crippen molar-refractivity contribution in [2.75, 3.05) is 11.1 Å². The second-order valence-corrected chi connectivity index (χ2v) is 5.06. The highest BCUT2D eigenvalue weighted by Gasteiger charge is 2.15. The second kappa shape index (κ2) is 5.79. The lowest BCUT2D eigenvalue weighted by molar-refractivity contribution is 0.723. The van der Waals surface area contributed by atoms with Crippen LogP contribution in [-0.4, -0.2) is 34.7 Å². The molecule has 0 saturated heterocycles. The molecule has 0 bridgehead atoms. The quantitative estimate of drug-likeness (QED) is 0.717. The molecular formula is C11H13N9S. The monoisotopic (exact) mass is 303 g/mol. The fraction of sp³-hybridized carbons (Fsp3) is 0.273. The van der Waals surface area contributed by atoms with Gasteiger partial charge in [-0.15, -0.1) is 11.3 Å². The van der Waals surface area contributed by atoms with Gasteiger partial charge in [0.2, 0.25) is 11.9 Å². The van der Waals surface area contributed by atoms with E-state index >= 15 is 0 Å². The maximum Gasteiger partial charge on any atom is 0.258 e. The Hall–Kier alpha value is -2.62. The molecule has 0 aliphatic rings. The van der Waals surface area contributed by atoms with Crippen LogP contribution < -0.4 is 11.1 Å². The molecule has 0 amide bonds. The van der Waals surface area contributed by atoms with Gasteiger partial charge in [0.15, 0.2) is 0 Å². The average molecular weight is 303 g/mol. The predicted molar refractivity (Wildman–Crippen MR) is 77.9 cm³/mol. The maximum atomic E-state index is 5.72. The third kappa shape index (κ3) is 2.94. The summed E-state index contributed by atoms with van der Waals surface area (Å²) in [6.45, 7) is 2.06. The normalized spacial score (nSPS) is 12.2. The van der Waals surface area contributed by atoms with Gasteiger partial charge in [-0.1, -0.05) is 6.92 Å². The Kier molecular flexibility index (Phi) is 3.69. The van der Waals surface area contributed by atoms with Crippen molar-refractivity contribution >= 4 is 23.2 Å².